The van der Waals surface area contributed by atoms with Gasteiger partial charge in [0.1, 0.15) is 0 Å². The largest absolute Gasteiger partial charge is 0.324 e. The molecule has 1 atom stereocenters. The Balaban J connectivity index is 2.85. The fourth-order valence-corrected chi connectivity index (χ4v) is 2.40. The van der Waals surface area contributed by atoms with Crippen LogP contribution in [0.1, 0.15) is 55.1 Å². The lowest BCUT2D eigenvalue weighted by molar-refractivity contribution is 0.794. The Morgan fingerprint density at radius 1 is 1.06 bits per heavy atom. The van der Waals surface area contributed by atoms with Crippen LogP contribution in [0.2, 0.25) is 0 Å². The molecular formula is C16H22N2. The number of benzene rings is 1. The van der Waals surface area contributed by atoms with E-state index in [-0.39, 0.29) is 6.04 Å². The highest BCUT2D eigenvalue weighted by Gasteiger charge is 2.13. The first-order chi connectivity index (χ1) is 8.40. The van der Waals surface area contributed by atoms with Crippen molar-refractivity contribution in [3.63, 3.8) is 0 Å². The van der Waals surface area contributed by atoms with E-state index in [1.807, 2.05) is 6.92 Å². The summed E-state index contributed by atoms with van der Waals surface area (Å²) in [7, 11) is 0. The molecule has 1 aromatic carbocycles. The third-order valence-electron chi connectivity index (χ3n) is 3.38. The summed E-state index contributed by atoms with van der Waals surface area (Å²) in [5.74, 6) is 0.424. The highest BCUT2D eigenvalue weighted by atomic mass is 14.7. The van der Waals surface area contributed by atoms with Crippen LogP contribution in [-0.4, -0.2) is 4.98 Å². The van der Waals surface area contributed by atoms with Crippen LogP contribution in [0.3, 0.4) is 0 Å². The van der Waals surface area contributed by atoms with E-state index in [4.69, 9.17) is 10.7 Å². The fraction of sp³-hybridized carbons (Fsp3) is 0.438. The van der Waals surface area contributed by atoms with Crippen LogP contribution in [0, 0.1) is 13.8 Å². The zero-order valence-electron chi connectivity index (χ0n) is 11.9. The summed E-state index contributed by atoms with van der Waals surface area (Å²) in [6, 6.07) is 6.58. The molecule has 0 aliphatic heterocycles. The predicted molar refractivity (Wildman–Crippen MR) is 77.9 cm³/mol. The van der Waals surface area contributed by atoms with Crippen LogP contribution in [0.25, 0.3) is 10.9 Å². The zero-order valence-corrected chi connectivity index (χ0v) is 11.9. The van der Waals surface area contributed by atoms with E-state index in [1.165, 1.54) is 22.1 Å². The van der Waals surface area contributed by atoms with Gasteiger partial charge in [-0.1, -0.05) is 25.5 Å². The number of hydrogen-bond acceptors (Lipinski definition) is 2. The summed E-state index contributed by atoms with van der Waals surface area (Å²) in [4.78, 5) is 4.80. The maximum absolute atomic E-state index is 6.12. The minimum absolute atomic E-state index is 0.0363. The van der Waals surface area contributed by atoms with Crippen LogP contribution in [0.4, 0.5) is 0 Å². The average Bonchev–Trinajstić information content (AvgIpc) is 2.27. The maximum atomic E-state index is 6.12. The minimum Gasteiger partial charge on any atom is -0.324 e. The first-order valence-electron chi connectivity index (χ1n) is 6.57. The maximum Gasteiger partial charge on any atom is 0.0738 e. The van der Waals surface area contributed by atoms with Gasteiger partial charge < -0.3 is 5.73 Å². The average molecular weight is 242 g/mol. The summed E-state index contributed by atoms with van der Waals surface area (Å²) in [6.45, 7) is 10.6. The van der Waals surface area contributed by atoms with Crippen LogP contribution in [-0.2, 0) is 0 Å². The number of nitrogens with zero attached hydrogens (tertiary/aromatic N) is 1. The summed E-state index contributed by atoms with van der Waals surface area (Å²) < 4.78 is 0. The van der Waals surface area contributed by atoms with Gasteiger partial charge in [0, 0.05) is 17.1 Å². The molecule has 2 nitrogen and oxygen atoms in total. The third kappa shape index (κ3) is 2.25. The predicted octanol–water partition coefficient (Wildman–Crippen LogP) is 3.99. The number of fused-ring (bicyclic) bond motifs is 1. The van der Waals surface area contributed by atoms with Gasteiger partial charge in [-0.2, -0.15) is 0 Å². The lowest BCUT2D eigenvalue weighted by atomic mass is 9.96. The first kappa shape index (κ1) is 13.0. The molecule has 0 saturated carbocycles. The Morgan fingerprint density at radius 2 is 1.72 bits per heavy atom. The monoisotopic (exact) mass is 242 g/mol. The minimum atomic E-state index is 0.0363. The number of rotatable bonds is 2. The van der Waals surface area contributed by atoms with Crippen molar-refractivity contribution in [3.8, 4) is 0 Å². The highest BCUT2D eigenvalue weighted by molar-refractivity contribution is 5.86. The molecule has 2 rings (SSSR count). The lowest BCUT2D eigenvalue weighted by Crippen LogP contribution is -2.08. The van der Waals surface area contributed by atoms with E-state index in [9.17, 15) is 0 Å². The van der Waals surface area contributed by atoms with Crippen molar-refractivity contribution >= 4 is 10.9 Å². The summed E-state index contributed by atoms with van der Waals surface area (Å²) in [5.41, 5.74) is 12.0. The van der Waals surface area contributed by atoms with Gasteiger partial charge in [-0.15, -0.1) is 0 Å². The van der Waals surface area contributed by atoms with Crippen molar-refractivity contribution in [3.05, 3.63) is 40.6 Å². The first-order valence-corrected chi connectivity index (χ1v) is 6.57. The highest BCUT2D eigenvalue weighted by Crippen LogP contribution is 2.28. The quantitative estimate of drug-likeness (QED) is 0.864. The van der Waals surface area contributed by atoms with E-state index in [1.54, 1.807) is 0 Å². The van der Waals surface area contributed by atoms with Crippen LogP contribution in [0.5, 0.6) is 0 Å². The van der Waals surface area contributed by atoms with E-state index >= 15 is 0 Å². The van der Waals surface area contributed by atoms with Crippen molar-refractivity contribution in [2.45, 2.75) is 46.6 Å². The lowest BCUT2D eigenvalue weighted by Gasteiger charge is -2.16. The number of pyridine rings is 1. The Morgan fingerprint density at radius 3 is 2.28 bits per heavy atom. The Bertz CT molecular complexity index is 583. The summed E-state index contributed by atoms with van der Waals surface area (Å²) >= 11 is 0. The molecular weight excluding hydrogens is 220 g/mol. The van der Waals surface area contributed by atoms with E-state index in [0.717, 1.165) is 11.2 Å². The van der Waals surface area contributed by atoms with Crippen LogP contribution in [0.15, 0.2) is 18.2 Å². The number of hydrogen-bond donors (Lipinski definition) is 1. The van der Waals surface area contributed by atoms with Gasteiger partial charge >= 0.3 is 0 Å². The van der Waals surface area contributed by atoms with Gasteiger partial charge in [0.05, 0.1) is 5.52 Å². The van der Waals surface area contributed by atoms with Crippen LogP contribution >= 0.6 is 0 Å². The van der Waals surface area contributed by atoms with E-state index < -0.39 is 0 Å². The Hall–Kier alpha value is -1.41. The molecule has 0 saturated heterocycles. The second kappa shape index (κ2) is 4.69. The van der Waals surface area contributed by atoms with Crippen LogP contribution < -0.4 is 5.73 Å². The number of aromatic nitrogens is 1. The molecule has 2 aromatic rings. The van der Waals surface area contributed by atoms with Gasteiger partial charge in [-0.3, -0.25) is 4.98 Å². The van der Waals surface area contributed by atoms with Crippen molar-refractivity contribution in [1.82, 2.24) is 4.98 Å². The van der Waals surface area contributed by atoms with Gasteiger partial charge in [-0.25, -0.2) is 0 Å². The van der Waals surface area contributed by atoms with Crippen molar-refractivity contribution in [1.29, 1.82) is 0 Å². The Labute approximate surface area is 109 Å². The van der Waals surface area contributed by atoms with Gasteiger partial charge in [0.2, 0.25) is 0 Å². The molecule has 0 fully saturated rings. The molecule has 18 heavy (non-hydrogen) atoms. The molecule has 2 N–H and O–H groups in total. The van der Waals surface area contributed by atoms with Gasteiger partial charge in [0.25, 0.3) is 0 Å². The normalized spacial score (nSPS) is 13.3. The fourth-order valence-electron chi connectivity index (χ4n) is 2.40. The standard InChI is InChI=1S/C16H22N2/c1-9(2)15-8-13(12(5)17)14-7-10(3)6-11(4)16(14)18-15/h6-9,12H,17H2,1-5H3. The number of aryl methyl sites for hydroxylation is 2. The van der Waals surface area contributed by atoms with Crippen molar-refractivity contribution in [2.75, 3.05) is 0 Å². The van der Waals surface area contributed by atoms with Gasteiger partial charge in [-0.05, 0) is 49.9 Å². The van der Waals surface area contributed by atoms with Crippen molar-refractivity contribution < 1.29 is 0 Å². The molecule has 2 heteroatoms. The van der Waals surface area contributed by atoms with E-state index in [2.05, 4.69) is 45.9 Å². The molecule has 0 aliphatic rings. The smallest absolute Gasteiger partial charge is 0.0738 e. The molecule has 0 spiro atoms. The molecule has 1 unspecified atom stereocenters. The molecule has 0 bridgehead atoms. The number of nitrogens with two attached hydrogens (primary N) is 1. The second-order valence-corrected chi connectivity index (χ2v) is 5.56. The topological polar surface area (TPSA) is 38.9 Å². The molecule has 1 aromatic heterocycles. The van der Waals surface area contributed by atoms with Crippen molar-refractivity contribution in [2.24, 2.45) is 5.73 Å². The molecule has 0 radical (unpaired) electrons. The van der Waals surface area contributed by atoms with E-state index in [0.29, 0.717) is 5.92 Å². The zero-order chi connectivity index (χ0) is 13.4. The SMILES string of the molecule is Cc1cc(C)c2nc(C(C)C)cc(C(C)N)c2c1. The molecule has 0 amide bonds. The summed E-state index contributed by atoms with van der Waals surface area (Å²) in [5, 5.41) is 1.20. The second-order valence-electron chi connectivity index (χ2n) is 5.56. The summed E-state index contributed by atoms with van der Waals surface area (Å²) in [6.07, 6.45) is 0. The third-order valence-corrected chi connectivity index (χ3v) is 3.38. The molecule has 96 valence electrons. The Kier molecular flexibility index (Phi) is 3.40. The molecule has 1 heterocycles. The molecule has 0 aliphatic carbocycles. The van der Waals surface area contributed by atoms with Gasteiger partial charge in [0.15, 0.2) is 0 Å².